The van der Waals surface area contributed by atoms with Crippen molar-refractivity contribution in [1.29, 1.82) is 0 Å². The first kappa shape index (κ1) is 13.5. The molecule has 0 saturated heterocycles. The monoisotopic (exact) mass is 236 g/mol. The number of aryl methyl sites for hydroxylation is 1. The van der Waals surface area contributed by atoms with Crippen molar-refractivity contribution in [2.75, 3.05) is 18.9 Å². The van der Waals surface area contributed by atoms with E-state index in [1.807, 2.05) is 13.0 Å². The molecule has 0 aliphatic rings. The summed E-state index contributed by atoms with van der Waals surface area (Å²) in [5, 5.41) is 11.4. The Morgan fingerprint density at radius 2 is 2.12 bits per heavy atom. The topological polar surface area (TPSA) is 75.3 Å². The van der Waals surface area contributed by atoms with Crippen molar-refractivity contribution in [3.05, 3.63) is 29.3 Å². The maximum atomic E-state index is 11.7. The molecule has 1 aromatic rings. The van der Waals surface area contributed by atoms with Gasteiger partial charge in [0.05, 0.1) is 0 Å². The van der Waals surface area contributed by atoms with Gasteiger partial charge in [0, 0.05) is 24.4 Å². The fraction of sp³-hybridized carbons (Fsp3) is 0.462. The van der Waals surface area contributed by atoms with Gasteiger partial charge in [0.1, 0.15) is 0 Å². The number of benzene rings is 1. The van der Waals surface area contributed by atoms with Crippen LogP contribution >= 0.6 is 0 Å². The minimum absolute atomic E-state index is 0.0966. The lowest BCUT2D eigenvalue weighted by Crippen LogP contribution is -2.24. The molecule has 0 heterocycles. The Morgan fingerprint density at radius 3 is 2.76 bits per heavy atom. The highest BCUT2D eigenvalue weighted by Crippen LogP contribution is 2.12. The first-order chi connectivity index (χ1) is 8.15. The van der Waals surface area contributed by atoms with E-state index < -0.39 is 0 Å². The summed E-state index contributed by atoms with van der Waals surface area (Å²) in [7, 11) is 0. The van der Waals surface area contributed by atoms with E-state index in [2.05, 4.69) is 5.32 Å². The van der Waals surface area contributed by atoms with E-state index >= 15 is 0 Å². The molecule has 0 saturated carbocycles. The Morgan fingerprint density at radius 1 is 1.35 bits per heavy atom. The van der Waals surface area contributed by atoms with E-state index in [4.69, 9.17) is 10.8 Å². The van der Waals surface area contributed by atoms with Crippen LogP contribution in [0.3, 0.4) is 0 Å². The molecule has 0 spiro atoms. The van der Waals surface area contributed by atoms with Gasteiger partial charge in [-0.05, 0) is 43.9 Å². The van der Waals surface area contributed by atoms with Crippen molar-refractivity contribution in [3.8, 4) is 0 Å². The van der Waals surface area contributed by atoms with Crippen LogP contribution < -0.4 is 11.1 Å². The predicted molar refractivity (Wildman–Crippen MR) is 68.9 cm³/mol. The summed E-state index contributed by atoms with van der Waals surface area (Å²) < 4.78 is 0. The Hall–Kier alpha value is -1.55. The maximum absolute atomic E-state index is 11.7. The highest BCUT2D eigenvalue weighted by molar-refractivity contribution is 5.95. The van der Waals surface area contributed by atoms with Crippen LogP contribution in [-0.4, -0.2) is 24.2 Å². The summed E-state index contributed by atoms with van der Waals surface area (Å²) in [6, 6.07) is 5.31. The molecule has 4 heteroatoms. The van der Waals surface area contributed by atoms with Crippen molar-refractivity contribution in [2.24, 2.45) is 0 Å². The molecule has 1 rings (SSSR count). The van der Waals surface area contributed by atoms with Crippen LogP contribution in [0, 0.1) is 6.92 Å². The van der Waals surface area contributed by atoms with Gasteiger partial charge in [-0.25, -0.2) is 0 Å². The molecule has 0 atom stereocenters. The molecule has 0 aliphatic heterocycles. The van der Waals surface area contributed by atoms with Crippen LogP contribution in [0.25, 0.3) is 0 Å². The second-order valence-corrected chi connectivity index (χ2v) is 4.11. The van der Waals surface area contributed by atoms with E-state index in [1.54, 1.807) is 12.1 Å². The number of anilines is 1. The molecule has 0 aliphatic carbocycles. The molecule has 0 unspecified atom stereocenters. The number of unbranched alkanes of at least 4 members (excludes halogenated alkanes) is 2. The number of aliphatic hydroxyl groups excluding tert-OH is 1. The second-order valence-electron chi connectivity index (χ2n) is 4.11. The van der Waals surface area contributed by atoms with Crippen molar-refractivity contribution in [3.63, 3.8) is 0 Å². The van der Waals surface area contributed by atoms with Crippen molar-refractivity contribution < 1.29 is 9.90 Å². The first-order valence-corrected chi connectivity index (χ1v) is 5.90. The molecule has 0 bridgehead atoms. The Balaban J connectivity index is 2.39. The van der Waals surface area contributed by atoms with Crippen LogP contribution in [0.2, 0.25) is 0 Å². The lowest BCUT2D eigenvalue weighted by atomic mass is 10.1. The summed E-state index contributed by atoms with van der Waals surface area (Å²) in [5.41, 5.74) is 7.95. The van der Waals surface area contributed by atoms with Gasteiger partial charge in [-0.2, -0.15) is 0 Å². The third kappa shape index (κ3) is 4.44. The zero-order chi connectivity index (χ0) is 12.7. The Labute approximate surface area is 102 Å². The third-order valence-electron chi connectivity index (χ3n) is 2.66. The molecule has 4 N–H and O–H groups in total. The summed E-state index contributed by atoms with van der Waals surface area (Å²) in [5.74, 6) is -0.0966. The number of rotatable bonds is 6. The molecule has 1 amide bonds. The Bertz CT molecular complexity index is 378. The number of hydrogen-bond acceptors (Lipinski definition) is 3. The quantitative estimate of drug-likeness (QED) is 0.517. The van der Waals surface area contributed by atoms with Crippen LogP contribution in [0.15, 0.2) is 18.2 Å². The fourth-order valence-corrected chi connectivity index (χ4v) is 1.50. The van der Waals surface area contributed by atoms with E-state index in [1.165, 1.54) is 0 Å². The summed E-state index contributed by atoms with van der Waals surface area (Å²) in [6.07, 6.45) is 2.59. The van der Waals surface area contributed by atoms with Gasteiger partial charge in [0.25, 0.3) is 5.91 Å². The van der Waals surface area contributed by atoms with Crippen LogP contribution in [0.1, 0.15) is 35.2 Å². The van der Waals surface area contributed by atoms with E-state index in [0.717, 1.165) is 24.8 Å². The molecular formula is C13H20N2O2. The predicted octanol–water partition coefficient (Wildman–Crippen LogP) is 1.47. The lowest BCUT2D eigenvalue weighted by molar-refractivity contribution is 0.0953. The number of amides is 1. The largest absolute Gasteiger partial charge is 0.398 e. The van der Waals surface area contributed by atoms with Crippen molar-refractivity contribution in [2.45, 2.75) is 26.2 Å². The van der Waals surface area contributed by atoms with Crippen molar-refractivity contribution in [1.82, 2.24) is 5.32 Å². The summed E-state index contributed by atoms with van der Waals surface area (Å²) in [4.78, 5) is 11.7. The molecule has 0 fully saturated rings. The van der Waals surface area contributed by atoms with Crippen molar-refractivity contribution >= 4 is 11.6 Å². The molecule has 94 valence electrons. The maximum Gasteiger partial charge on any atom is 0.251 e. The standard InChI is InChI=1S/C13H20N2O2/c1-10-5-6-11(9-12(10)14)13(17)15-7-3-2-4-8-16/h5-6,9,16H,2-4,7-8,14H2,1H3,(H,15,17). The fourth-order valence-electron chi connectivity index (χ4n) is 1.50. The zero-order valence-electron chi connectivity index (χ0n) is 10.2. The smallest absolute Gasteiger partial charge is 0.251 e. The summed E-state index contributed by atoms with van der Waals surface area (Å²) >= 11 is 0. The first-order valence-electron chi connectivity index (χ1n) is 5.90. The zero-order valence-corrected chi connectivity index (χ0v) is 10.2. The minimum Gasteiger partial charge on any atom is -0.398 e. The van der Waals surface area contributed by atoms with Gasteiger partial charge in [-0.15, -0.1) is 0 Å². The molecule has 1 aromatic carbocycles. The molecule has 0 radical (unpaired) electrons. The Kier molecular flexibility index (Phi) is 5.49. The van der Waals surface area contributed by atoms with Crippen LogP contribution in [0.4, 0.5) is 5.69 Å². The molecular weight excluding hydrogens is 216 g/mol. The number of carbonyl (C=O) groups excluding carboxylic acids is 1. The molecule has 0 aromatic heterocycles. The molecule has 4 nitrogen and oxygen atoms in total. The number of nitrogens with one attached hydrogen (secondary N) is 1. The number of carbonyl (C=O) groups is 1. The minimum atomic E-state index is -0.0966. The van der Waals surface area contributed by atoms with E-state index in [9.17, 15) is 4.79 Å². The van der Waals surface area contributed by atoms with Crippen LogP contribution in [-0.2, 0) is 0 Å². The third-order valence-corrected chi connectivity index (χ3v) is 2.66. The number of nitrogen functional groups attached to an aromatic ring is 1. The van der Waals surface area contributed by atoms with Gasteiger partial charge < -0.3 is 16.2 Å². The highest BCUT2D eigenvalue weighted by Gasteiger charge is 2.05. The van der Waals surface area contributed by atoms with E-state index in [0.29, 0.717) is 17.8 Å². The van der Waals surface area contributed by atoms with Gasteiger partial charge in [-0.1, -0.05) is 6.07 Å². The second kappa shape index (κ2) is 6.91. The number of aliphatic hydroxyl groups is 1. The van der Waals surface area contributed by atoms with Gasteiger partial charge >= 0.3 is 0 Å². The SMILES string of the molecule is Cc1ccc(C(=O)NCCCCCO)cc1N. The van der Waals surface area contributed by atoms with Gasteiger partial charge in [-0.3, -0.25) is 4.79 Å². The van der Waals surface area contributed by atoms with Crippen LogP contribution in [0.5, 0.6) is 0 Å². The van der Waals surface area contributed by atoms with Gasteiger partial charge in [0.15, 0.2) is 0 Å². The van der Waals surface area contributed by atoms with E-state index in [-0.39, 0.29) is 12.5 Å². The average molecular weight is 236 g/mol. The average Bonchev–Trinajstić information content (AvgIpc) is 2.32. The molecule has 17 heavy (non-hydrogen) atoms. The highest BCUT2D eigenvalue weighted by atomic mass is 16.2. The lowest BCUT2D eigenvalue weighted by Gasteiger charge is -2.06. The normalized spacial score (nSPS) is 10.2. The van der Waals surface area contributed by atoms with Gasteiger partial charge in [0.2, 0.25) is 0 Å². The summed E-state index contributed by atoms with van der Waals surface area (Å²) in [6.45, 7) is 2.75. The number of hydrogen-bond donors (Lipinski definition) is 3. The number of nitrogens with two attached hydrogens (primary N) is 1.